The first kappa shape index (κ1) is 23.3. The molecule has 2 aromatic carbocycles. The molecule has 4 rings (SSSR count). The Balaban J connectivity index is 1.33. The van der Waals surface area contributed by atoms with Gasteiger partial charge in [0.15, 0.2) is 0 Å². The molecule has 0 atom stereocenters. The topological polar surface area (TPSA) is 76.6 Å². The lowest BCUT2D eigenvalue weighted by atomic mass is 9.95. The fourth-order valence-corrected chi connectivity index (χ4v) is 3.79. The number of carbonyl (C=O) groups excluding carboxylic acids is 1. The van der Waals surface area contributed by atoms with Crippen LogP contribution in [0.2, 0.25) is 0 Å². The summed E-state index contributed by atoms with van der Waals surface area (Å²) in [5.74, 6) is 0.859. The molecule has 1 fully saturated rings. The lowest BCUT2D eigenvalue weighted by Gasteiger charge is -2.32. The van der Waals surface area contributed by atoms with Crippen LogP contribution in [-0.4, -0.2) is 42.4 Å². The quantitative estimate of drug-likeness (QED) is 0.550. The van der Waals surface area contributed by atoms with Crippen LogP contribution in [0.1, 0.15) is 12.8 Å². The van der Waals surface area contributed by atoms with Crippen molar-refractivity contribution in [3.63, 3.8) is 0 Å². The number of ether oxygens (including phenoxy) is 2. The second kappa shape index (κ2) is 9.98. The minimum Gasteiger partial charge on any atom is -0.497 e. The predicted octanol–water partition coefficient (Wildman–Crippen LogP) is 4.91. The first-order valence-corrected chi connectivity index (χ1v) is 10.7. The van der Waals surface area contributed by atoms with Crippen LogP contribution in [0.25, 0.3) is 11.3 Å². The summed E-state index contributed by atoms with van der Waals surface area (Å²) in [6, 6.07) is 14.6. The molecule has 0 bridgehead atoms. The lowest BCUT2D eigenvalue weighted by molar-refractivity contribution is -0.274. The average molecular weight is 472 g/mol. The van der Waals surface area contributed by atoms with Gasteiger partial charge in [-0.1, -0.05) is 0 Å². The van der Waals surface area contributed by atoms with Crippen LogP contribution in [0.15, 0.2) is 60.9 Å². The Morgan fingerprint density at radius 2 is 1.65 bits per heavy atom. The Morgan fingerprint density at radius 3 is 2.26 bits per heavy atom. The Hall–Kier alpha value is -3.82. The Labute approximate surface area is 194 Å². The predicted molar refractivity (Wildman–Crippen MR) is 121 cm³/mol. The number of halogens is 3. The Kier molecular flexibility index (Phi) is 6.85. The van der Waals surface area contributed by atoms with Crippen LogP contribution in [0.4, 0.5) is 24.7 Å². The maximum Gasteiger partial charge on any atom is 0.573 e. The zero-order valence-electron chi connectivity index (χ0n) is 18.4. The Morgan fingerprint density at radius 1 is 1.00 bits per heavy atom. The molecule has 1 N–H and O–H groups in total. The van der Waals surface area contributed by atoms with Gasteiger partial charge < -0.3 is 19.7 Å². The SMILES string of the molecule is COc1ccc(-c2cc(N3CCC(C(=O)Nc4ccc(OC(F)(F)F)cc4)CC3)ncn2)cc1. The second-order valence-electron chi connectivity index (χ2n) is 7.81. The number of amides is 1. The van der Waals surface area contributed by atoms with Crippen molar-refractivity contribution < 1.29 is 27.4 Å². The molecule has 1 aliphatic heterocycles. The van der Waals surface area contributed by atoms with Gasteiger partial charge in [0, 0.05) is 36.3 Å². The van der Waals surface area contributed by atoms with Gasteiger partial charge in [0.1, 0.15) is 23.6 Å². The Bertz CT molecular complexity index is 1110. The van der Waals surface area contributed by atoms with Gasteiger partial charge in [-0.3, -0.25) is 4.79 Å². The van der Waals surface area contributed by atoms with Gasteiger partial charge in [-0.2, -0.15) is 0 Å². The highest BCUT2D eigenvalue weighted by Crippen LogP contribution is 2.28. The van der Waals surface area contributed by atoms with E-state index in [0.29, 0.717) is 31.6 Å². The van der Waals surface area contributed by atoms with E-state index in [0.717, 1.165) is 22.8 Å². The maximum atomic E-state index is 12.6. The average Bonchev–Trinajstić information content (AvgIpc) is 2.84. The molecule has 1 amide bonds. The number of benzene rings is 2. The standard InChI is InChI=1S/C24H23F3N4O3/c1-33-19-6-2-16(3-7-19)21-14-22(29-15-28-21)31-12-10-17(11-13-31)23(32)30-18-4-8-20(9-5-18)34-24(25,26)27/h2-9,14-15,17H,10-13H2,1H3,(H,30,32). The molecular formula is C24H23F3N4O3. The van der Waals surface area contributed by atoms with E-state index in [4.69, 9.17) is 4.74 Å². The van der Waals surface area contributed by atoms with Crippen molar-refractivity contribution in [1.82, 2.24) is 9.97 Å². The van der Waals surface area contributed by atoms with Crippen LogP contribution in [0.5, 0.6) is 11.5 Å². The van der Waals surface area contributed by atoms with Gasteiger partial charge in [0.25, 0.3) is 0 Å². The summed E-state index contributed by atoms with van der Waals surface area (Å²) in [5, 5.41) is 2.77. The van der Waals surface area contributed by atoms with E-state index in [1.807, 2.05) is 30.3 Å². The summed E-state index contributed by atoms with van der Waals surface area (Å²) < 4.78 is 45.9. The minimum atomic E-state index is -4.75. The molecule has 34 heavy (non-hydrogen) atoms. The molecule has 1 aliphatic rings. The molecular weight excluding hydrogens is 449 g/mol. The van der Waals surface area contributed by atoms with Crippen molar-refractivity contribution in [3.05, 3.63) is 60.9 Å². The van der Waals surface area contributed by atoms with Crippen LogP contribution in [-0.2, 0) is 4.79 Å². The highest BCUT2D eigenvalue weighted by atomic mass is 19.4. The minimum absolute atomic E-state index is 0.161. The van der Waals surface area contributed by atoms with Crippen molar-refractivity contribution >= 4 is 17.4 Å². The zero-order valence-corrected chi connectivity index (χ0v) is 18.4. The van der Waals surface area contributed by atoms with Crippen molar-refractivity contribution in [1.29, 1.82) is 0 Å². The van der Waals surface area contributed by atoms with E-state index in [1.54, 1.807) is 7.11 Å². The molecule has 0 radical (unpaired) electrons. The number of hydrogen-bond donors (Lipinski definition) is 1. The van der Waals surface area contributed by atoms with E-state index in [2.05, 4.69) is 24.9 Å². The number of alkyl halides is 3. The van der Waals surface area contributed by atoms with E-state index >= 15 is 0 Å². The van der Waals surface area contributed by atoms with Crippen molar-refractivity contribution in [2.24, 2.45) is 5.92 Å². The number of piperidine rings is 1. The molecule has 10 heteroatoms. The number of carbonyl (C=O) groups is 1. The summed E-state index contributed by atoms with van der Waals surface area (Å²) in [7, 11) is 1.62. The van der Waals surface area contributed by atoms with Gasteiger partial charge in [0.2, 0.25) is 5.91 Å². The summed E-state index contributed by atoms with van der Waals surface area (Å²) in [5.41, 5.74) is 2.16. The van der Waals surface area contributed by atoms with Crippen molar-refractivity contribution in [3.8, 4) is 22.8 Å². The smallest absolute Gasteiger partial charge is 0.497 e. The highest BCUT2D eigenvalue weighted by Gasteiger charge is 2.31. The van der Waals surface area contributed by atoms with Crippen LogP contribution >= 0.6 is 0 Å². The molecule has 2 heterocycles. The molecule has 0 spiro atoms. The maximum absolute atomic E-state index is 12.6. The van der Waals surface area contributed by atoms with E-state index < -0.39 is 6.36 Å². The van der Waals surface area contributed by atoms with Gasteiger partial charge in [-0.15, -0.1) is 13.2 Å². The number of nitrogens with one attached hydrogen (secondary N) is 1. The van der Waals surface area contributed by atoms with Gasteiger partial charge >= 0.3 is 6.36 Å². The number of anilines is 2. The highest BCUT2D eigenvalue weighted by molar-refractivity contribution is 5.92. The third-order valence-corrected chi connectivity index (χ3v) is 5.58. The molecule has 178 valence electrons. The molecule has 7 nitrogen and oxygen atoms in total. The lowest BCUT2D eigenvalue weighted by Crippen LogP contribution is -2.38. The van der Waals surface area contributed by atoms with E-state index in [1.165, 1.54) is 30.6 Å². The van der Waals surface area contributed by atoms with Crippen molar-refractivity contribution in [2.75, 3.05) is 30.4 Å². The fraction of sp³-hybridized carbons (Fsp3) is 0.292. The number of hydrogen-bond acceptors (Lipinski definition) is 6. The molecule has 0 saturated carbocycles. The summed E-state index contributed by atoms with van der Waals surface area (Å²) in [6.07, 6.45) is -1.97. The number of nitrogens with zero attached hydrogens (tertiary/aromatic N) is 3. The number of methoxy groups -OCH3 is 1. The van der Waals surface area contributed by atoms with Crippen molar-refractivity contribution in [2.45, 2.75) is 19.2 Å². The summed E-state index contributed by atoms with van der Waals surface area (Å²) >= 11 is 0. The number of aromatic nitrogens is 2. The first-order valence-electron chi connectivity index (χ1n) is 10.7. The van der Waals surface area contributed by atoms with Crippen LogP contribution < -0.4 is 19.7 Å². The first-order chi connectivity index (χ1) is 16.3. The normalized spacial score (nSPS) is 14.5. The summed E-state index contributed by atoms with van der Waals surface area (Å²) in [6.45, 7) is 1.30. The third-order valence-electron chi connectivity index (χ3n) is 5.58. The van der Waals surface area contributed by atoms with Gasteiger partial charge in [-0.05, 0) is 61.4 Å². The molecule has 1 aromatic heterocycles. The monoisotopic (exact) mass is 472 g/mol. The zero-order chi connectivity index (χ0) is 24.1. The molecule has 1 saturated heterocycles. The van der Waals surface area contributed by atoms with Gasteiger partial charge in [-0.25, -0.2) is 9.97 Å². The molecule has 0 aliphatic carbocycles. The third kappa shape index (κ3) is 5.94. The number of rotatable bonds is 6. The summed E-state index contributed by atoms with van der Waals surface area (Å²) in [4.78, 5) is 23.5. The van der Waals surface area contributed by atoms with Gasteiger partial charge in [0.05, 0.1) is 12.8 Å². The largest absolute Gasteiger partial charge is 0.573 e. The van der Waals surface area contributed by atoms with E-state index in [-0.39, 0.29) is 17.6 Å². The van der Waals surface area contributed by atoms with E-state index in [9.17, 15) is 18.0 Å². The van der Waals surface area contributed by atoms with Crippen LogP contribution in [0.3, 0.4) is 0 Å². The van der Waals surface area contributed by atoms with Crippen LogP contribution in [0, 0.1) is 5.92 Å². The molecule has 3 aromatic rings. The second-order valence-corrected chi connectivity index (χ2v) is 7.81. The fourth-order valence-electron chi connectivity index (χ4n) is 3.79. The molecule has 0 unspecified atom stereocenters.